The van der Waals surface area contributed by atoms with Crippen molar-refractivity contribution in [2.45, 2.75) is 59.0 Å². The number of rotatable bonds is 5. The Morgan fingerprint density at radius 2 is 2.37 bits per heavy atom. The number of piperidine rings is 1. The van der Waals surface area contributed by atoms with Crippen LogP contribution in [0, 0.1) is 5.92 Å². The third-order valence-electron chi connectivity index (χ3n) is 3.54. The predicted molar refractivity (Wildman–Crippen MR) is 78.8 cm³/mol. The van der Waals surface area contributed by atoms with E-state index in [-0.39, 0.29) is 0 Å². The van der Waals surface area contributed by atoms with Crippen LogP contribution in [0.15, 0.2) is 11.9 Å². The summed E-state index contributed by atoms with van der Waals surface area (Å²) >= 11 is 0. The van der Waals surface area contributed by atoms with Gasteiger partial charge in [0.15, 0.2) is 5.82 Å². The molecule has 0 aliphatic carbocycles. The SMILES string of the molecule is C/C(=C/c1ncnn1CC(C)C)CC1CCCCN1. The Labute approximate surface area is 116 Å². The highest BCUT2D eigenvalue weighted by molar-refractivity contribution is 5.44. The molecule has 2 heterocycles. The van der Waals surface area contributed by atoms with Crippen molar-refractivity contribution in [1.82, 2.24) is 20.1 Å². The molecule has 0 aromatic carbocycles. The molecule has 1 N–H and O–H groups in total. The molecule has 1 aliphatic rings. The first-order chi connectivity index (χ1) is 9.15. The molecule has 0 bridgehead atoms. The zero-order valence-electron chi connectivity index (χ0n) is 12.4. The molecular weight excluding hydrogens is 236 g/mol. The van der Waals surface area contributed by atoms with Gasteiger partial charge in [0.1, 0.15) is 6.33 Å². The van der Waals surface area contributed by atoms with E-state index in [9.17, 15) is 0 Å². The quantitative estimate of drug-likeness (QED) is 0.887. The van der Waals surface area contributed by atoms with Gasteiger partial charge in [0, 0.05) is 12.6 Å². The van der Waals surface area contributed by atoms with Gasteiger partial charge in [-0.05, 0) is 44.7 Å². The van der Waals surface area contributed by atoms with Crippen molar-refractivity contribution < 1.29 is 0 Å². The van der Waals surface area contributed by atoms with Crippen LogP contribution in [0.4, 0.5) is 0 Å². The first-order valence-electron chi connectivity index (χ1n) is 7.43. The molecule has 1 saturated heterocycles. The Hall–Kier alpha value is -1.16. The van der Waals surface area contributed by atoms with Gasteiger partial charge >= 0.3 is 0 Å². The monoisotopic (exact) mass is 262 g/mol. The minimum atomic E-state index is 0.592. The summed E-state index contributed by atoms with van der Waals surface area (Å²) in [7, 11) is 0. The van der Waals surface area contributed by atoms with Crippen molar-refractivity contribution in [1.29, 1.82) is 0 Å². The van der Waals surface area contributed by atoms with Gasteiger partial charge in [-0.25, -0.2) is 9.67 Å². The van der Waals surface area contributed by atoms with Crippen molar-refractivity contribution in [2.75, 3.05) is 6.54 Å². The van der Waals surface area contributed by atoms with E-state index in [2.05, 4.69) is 42.2 Å². The number of nitrogens with zero attached hydrogens (tertiary/aromatic N) is 3. The highest BCUT2D eigenvalue weighted by atomic mass is 15.3. The summed E-state index contributed by atoms with van der Waals surface area (Å²) in [6, 6.07) is 0.645. The van der Waals surface area contributed by atoms with Crippen LogP contribution in [0.3, 0.4) is 0 Å². The van der Waals surface area contributed by atoms with Gasteiger partial charge in [-0.15, -0.1) is 0 Å². The van der Waals surface area contributed by atoms with E-state index in [1.54, 1.807) is 6.33 Å². The van der Waals surface area contributed by atoms with Crippen LogP contribution < -0.4 is 5.32 Å². The van der Waals surface area contributed by atoms with E-state index >= 15 is 0 Å². The van der Waals surface area contributed by atoms with Gasteiger partial charge in [-0.2, -0.15) is 5.10 Å². The van der Waals surface area contributed by atoms with Gasteiger partial charge < -0.3 is 5.32 Å². The lowest BCUT2D eigenvalue weighted by molar-refractivity contribution is 0.399. The molecule has 1 atom stereocenters. The van der Waals surface area contributed by atoms with Crippen molar-refractivity contribution >= 4 is 6.08 Å². The first kappa shape index (κ1) is 14.3. The summed E-state index contributed by atoms with van der Waals surface area (Å²) in [5.41, 5.74) is 1.39. The third-order valence-corrected chi connectivity index (χ3v) is 3.54. The Morgan fingerprint density at radius 3 is 3.05 bits per heavy atom. The number of hydrogen-bond acceptors (Lipinski definition) is 3. The van der Waals surface area contributed by atoms with Gasteiger partial charge in [0.2, 0.25) is 0 Å². The largest absolute Gasteiger partial charge is 0.314 e. The number of aromatic nitrogens is 3. The molecule has 1 unspecified atom stereocenters. The van der Waals surface area contributed by atoms with Gasteiger partial charge in [-0.1, -0.05) is 25.8 Å². The first-order valence-corrected chi connectivity index (χ1v) is 7.43. The summed E-state index contributed by atoms with van der Waals surface area (Å²) in [5.74, 6) is 1.58. The fourth-order valence-electron chi connectivity index (χ4n) is 2.64. The number of nitrogens with one attached hydrogen (secondary N) is 1. The van der Waals surface area contributed by atoms with E-state index in [4.69, 9.17) is 0 Å². The fourth-order valence-corrected chi connectivity index (χ4v) is 2.64. The summed E-state index contributed by atoms with van der Waals surface area (Å²) in [6.07, 6.45) is 8.93. The topological polar surface area (TPSA) is 42.7 Å². The fraction of sp³-hybridized carbons (Fsp3) is 0.733. The highest BCUT2D eigenvalue weighted by Gasteiger charge is 2.13. The lowest BCUT2D eigenvalue weighted by Crippen LogP contribution is -2.33. The maximum atomic E-state index is 4.36. The molecule has 1 aliphatic heterocycles. The molecule has 1 fully saturated rings. The molecule has 1 aromatic heterocycles. The van der Waals surface area contributed by atoms with Crippen LogP contribution in [-0.4, -0.2) is 27.4 Å². The predicted octanol–water partition coefficient (Wildman–Crippen LogP) is 2.87. The second-order valence-corrected chi connectivity index (χ2v) is 6.04. The molecule has 0 saturated carbocycles. The zero-order chi connectivity index (χ0) is 13.7. The number of hydrogen-bond donors (Lipinski definition) is 1. The van der Waals surface area contributed by atoms with E-state index in [1.165, 1.54) is 31.4 Å². The zero-order valence-corrected chi connectivity index (χ0v) is 12.4. The minimum absolute atomic E-state index is 0.592. The Bertz CT molecular complexity index is 414. The van der Waals surface area contributed by atoms with Crippen molar-refractivity contribution in [2.24, 2.45) is 5.92 Å². The van der Waals surface area contributed by atoms with Crippen LogP contribution >= 0.6 is 0 Å². The standard InChI is InChI=1S/C15H26N4/c1-12(2)10-19-15(17-11-18-19)9-13(3)8-14-6-4-5-7-16-14/h9,11-12,14,16H,4-8,10H2,1-3H3/b13-9-. The second kappa shape index (κ2) is 6.85. The van der Waals surface area contributed by atoms with Gasteiger partial charge in [0.05, 0.1) is 0 Å². The molecule has 106 valence electrons. The van der Waals surface area contributed by atoms with E-state index in [1.807, 2.05) is 4.68 Å². The highest BCUT2D eigenvalue weighted by Crippen LogP contribution is 2.16. The Morgan fingerprint density at radius 1 is 1.53 bits per heavy atom. The molecule has 1 aromatic rings. The van der Waals surface area contributed by atoms with Crippen LogP contribution in [0.5, 0.6) is 0 Å². The second-order valence-electron chi connectivity index (χ2n) is 6.04. The molecule has 0 amide bonds. The minimum Gasteiger partial charge on any atom is -0.314 e. The van der Waals surface area contributed by atoms with E-state index in [0.29, 0.717) is 12.0 Å². The van der Waals surface area contributed by atoms with Gasteiger partial charge in [-0.3, -0.25) is 0 Å². The average molecular weight is 262 g/mol. The van der Waals surface area contributed by atoms with E-state index < -0.39 is 0 Å². The lowest BCUT2D eigenvalue weighted by atomic mass is 9.98. The van der Waals surface area contributed by atoms with Crippen molar-refractivity contribution in [3.05, 3.63) is 17.7 Å². The molecule has 0 radical (unpaired) electrons. The smallest absolute Gasteiger partial charge is 0.150 e. The summed E-state index contributed by atoms with van der Waals surface area (Å²) in [5, 5.41) is 7.89. The Kier molecular flexibility index (Phi) is 5.14. The summed E-state index contributed by atoms with van der Waals surface area (Å²) in [4.78, 5) is 4.36. The maximum Gasteiger partial charge on any atom is 0.150 e. The van der Waals surface area contributed by atoms with Crippen LogP contribution in [0.25, 0.3) is 6.08 Å². The normalized spacial score (nSPS) is 21.1. The molecule has 2 rings (SSSR count). The molecule has 19 heavy (non-hydrogen) atoms. The van der Waals surface area contributed by atoms with E-state index in [0.717, 1.165) is 18.8 Å². The van der Waals surface area contributed by atoms with Crippen molar-refractivity contribution in [3.63, 3.8) is 0 Å². The summed E-state index contributed by atoms with van der Waals surface area (Å²) < 4.78 is 2.00. The molecule has 4 nitrogen and oxygen atoms in total. The van der Waals surface area contributed by atoms with Crippen LogP contribution in [0.2, 0.25) is 0 Å². The molecule has 4 heteroatoms. The molecular formula is C15H26N4. The Balaban J connectivity index is 1.97. The average Bonchev–Trinajstić information content (AvgIpc) is 2.77. The maximum absolute atomic E-state index is 4.36. The third kappa shape index (κ3) is 4.46. The lowest BCUT2D eigenvalue weighted by Gasteiger charge is -2.23. The van der Waals surface area contributed by atoms with Crippen LogP contribution in [0.1, 0.15) is 52.3 Å². The summed E-state index contributed by atoms with van der Waals surface area (Å²) in [6.45, 7) is 8.70. The van der Waals surface area contributed by atoms with Gasteiger partial charge in [0.25, 0.3) is 0 Å². The van der Waals surface area contributed by atoms with Crippen LogP contribution in [-0.2, 0) is 6.54 Å². The van der Waals surface area contributed by atoms with Crippen molar-refractivity contribution in [3.8, 4) is 0 Å². The molecule has 0 spiro atoms.